The van der Waals surface area contributed by atoms with Gasteiger partial charge in [0.1, 0.15) is 4.90 Å². The molecule has 0 bridgehead atoms. The third kappa shape index (κ3) is 2.49. The van der Waals surface area contributed by atoms with Crippen molar-refractivity contribution in [3.63, 3.8) is 0 Å². The molecule has 7 heteroatoms. The Morgan fingerprint density at radius 3 is 3.19 bits per heavy atom. The van der Waals surface area contributed by atoms with Crippen LogP contribution in [0, 0.1) is 0 Å². The number of aromatic nitrogens is 1. The molecule has 0 atom stereocenters. The summed E-state index contributed by atoms with van der Waals surface area (Å²) in [7, 11) is -3.53. The number of sulfonamides is 1. The summed E-state index contributed by atoms with van der Waals surface area (Å²) in [6.07, 6.45) is 2.08. The van der Waals surface area contributed by atoms with Gasteiger partial charge in [0.05, 0.1) is 6.61 Å². The summed E-state index contributed by atoms with van der Waals surface area (Å²) < 4.78 is 36.4. The Kier molecular flexibility index (Phi) is 3.37. The molecule has 0 aromatic carbocycles. The lowest BCUT2D eigenvalue weighted by Crippen LogP contribution is -2.27. The normalized spacial score (nSPS) is 20.5. The van der Waals surface area contributed by atoms with E-state index < -0.39 is 10.0 Å². The molecule has 2 heterocycles. The van der Waals surface area contributed by atoms with Gasteiger partial charge in [-0.1, -0.05) is 0 Å². The Morgan fingerprint density at radius 1 is 1.44 bits per heavy atom. The number of rotatable bonds is 0. The first-order valence-corrected chi connectivity index (χ1v) is 6.34. The van der Waals surface area contributed by atoms with Crippen LogP contribution in [0.3, 0.4) is 0 Å². The summed E-state index contributed by atoms with van der Waals surface area (Å²) in [5.74, 6) is 0.0666. The Hall–Kier alpha value is -1.18. The highest BCUT2D eigenvalue weighted by atomic mass is 32.2. The third-order valence-corrected chi connectivity index (χ3v) is 3.54. The molecule has 1 aliphatic rings. The molecule has 0 aliphatic carbocycles. The Labute approximate surface area is 93.6 Å². The molecule has 0 fully saturated rings. The van der Waals surface area contributed by atoms with Crippen molar-refractivity contribution in [3.8, 4) is 5.88 Å². The first-order valence-electron chi connectivity index (χ1n) is 4.85. The second-order valence-corrected chi connectivity index (χ2v) is 4.96. The molecule has 0 amide bonds. The van der Waals surface area contributed by atoms with Crippen molar-refractivity contribution in [1.82, 2.24) is 9.71 Å². The molecule has 6 nitrogen and oxygen atoms in total. The smallest absolute Gasteiger partial charge is 0.245 e. The fourth-order valence-corrected chi connectivity index (χ4v) is 2.47. The van der Waals surface area contributed by atoms with Crippen molar-refractivity contribution in [2.45, 2.75) is 11.3 Å². The Bertz CT molecular complexity index is 460. The van der Waals surface area contributed by atoms with Crippen molar-refractivity contribution >= 4 is 10.0 Å². The van der Waals surface area contributed by atoms with Crippen LogP contribution < -0.4 is 9.46 Å². The molecule has 88 valence electrons. The van der Waals surface area contributed by atoms with Crippen LogP contribution in [0.5, 0.6) is 5.88 Å². The summed E-state index contributed by atoms with van der Waals surface area (Å²) in [5.41, 5.74) is 0. The zero-order chi connectivity index (χ0) is 11.4. The average molecular weight is 244 g/mol. The number of nitrogens with one attached hydrogen (secondary N) is 1. The van der Waals surface area contributed by atoms with E-state index in [9.17, 15) is 8.42 Å². The van der Waals surface area contributed by atoms with Gasteiger partial charge in [-0.05, 0) is 18.6 Å². The number of fused-ring (bicyclic) bond motifs is 1. The number of ether oxygens (including phenoxy) is 2. The lowest BCUT2D eigenvalue weighted by molar-refractivity contribution is 0.00978. The molecule has 16 heavy (non-hydrogen) atoms. The van der Waals surface area contributed by atoms with Crippen molar-refractivity contribution < 1.29 is 17.9 Å². The van der Waals surface area contributed by atoms with Crippen molar-refractivity contribution in [1.29, 1.82) is 0 Å². The predicted octanol–water partition coefficient (Wildman–Crippen LogP) is 0.116. The molecule has 1 aliphatic heterocycles. The highest BCUT2D eigenvalue weighted by molar-refractivity contribution is 7.89. The fourth-order valence-electron chi connectivity index (χ4n) is 1.30. The SMILES string of the molecule is O=S1(=O)NCCCOCOc2ncccc21. The predicted molar refractivity (Wildman–Crippen MR) is 55.5 cm³/mol. The van der Waals surface area contributed by atoms with E-state index in [1.807, 2.05) is 0 Å². The number of hydrogen-bond donors (Lipinski definition) is 1. The molecular weight excluding hydrogens is 232 g/mol. The molecular formula is C9H12N2O4S. The molecule has 0 saturated heterocycles. The van der Waals surface area contributed by atoms with E-state index in [0.717, 1.165) is 0 Å². The maximum atomic E-state index is 11.8. The van der Waals surface area contributed by atoms with E-state index in [-0.39, 0.29) is 17.6 Å². The molecule has 1 aromatic rings. The van der Waals surface area contributed by atoms with E-state index in [2.05, 4.69) is 9.71 Å². The van der Waals surface area contributed by atoms with Gasteiger partial charge >= 0.3 is 0 Å². The van der Waals surface area contributed by atoms with Crippen LogP contribution in [0.2, 0.25) is 0 Å². The topological polar surface area (TPSA) is 77.5 Å². The third-order valence-electron chi connectivity index (χ3n) is 2.06. The minimum Gasteiger partial charge on any atom is -0.449 e. The van der Waals surface area contributed by atoms with Gasteiger partial charge in [0.15, 0.2) is 6.79 Å². The van der Waals surface area contributed by atoms with E-state index in [0.29, 0.717) is 19.6 Å². The Morgan fingerprint density at radius 2 is 2.31 bits per heavy atom. The van der Waals surface area contributed by atoms with Crippen LogP contribution in [0.4, 0.5) is 0 Å². The van der Waals surface area contributed by atoms with Crippen molar-refractivity contribution in [3.05, 3.63) is 18.3 Å². The number of hydrogen-bond acceptors (Lipinski definition) is 5. The van der Waals surface area contributed by atoms with Gasteiger partial charge in [0, 0.05) is 12.7 Å². The lowest BCUT2D eigenvalue weighted by Gasteiger charge is -2.13. The van der Waals surface area contributed by atoms with Gasteiger partial charge < -0.3 is 9.47 Å². The molecule has 1 N–H and O–H groups in total. The summed E-state index contributed by atoms with van der Waals surface area (Å²) in [6, 6.07) is 3.00. The molecule has 0 saturated carbocycles. The molecule has 1 aromatic heterocycles. The van der Waals surface area contributed by atoms with Crippen LogP contribution >= 0.6 is 0 Å². The fraction of sp³-hybridized carbons (Fsp3) is 0.444. The molecule has 0 radical (unpaired) electrons. The first kappa shape index (κ1) is 11.3. The van der Waals surface area contributed by atoms with Gasteiger partial charge in [-0.25, -0.2) is 18.1 Å². The van der Waals surface area contributed by atoms with E-state index >= 15 is 0 Å². The van der Waals surface area contributed by atoms with E-state index in [4.69, 9.17) is 9.47 Å². The highest BCUT2D eigenvalue weighted by Gasteiger charge is 2.20. The Balaban J connectivity index is 2.38. The minimum atomic E-state index is -3.53. The van der Waals surface area contributed by atoms with Crippen LogP contribution in [0.15, 0.2) is 23.2 Å². The van der Waals surface area contributed by atoms with Crippen LogP contribution in [0.1, 0.15) is 6.42 Å². The summed E-state index contributed by atoms with van der Waals surface area (Å²) in [6.45, 7) is 0.806. The van der Waals surface area contributed by atoms with Crippen molar-refractivity contribution in [2.75, 3.05) is 19.9 Å². The number of nitrogens with zero attached hydrogens (tertiary/aromatic N) is 1. The zero-order valence-corrected chi connectivity index (χ0v) is 9.37. The zero-order valence-electron chi connectivity index (χ0n) is 8.55. The first-order chi connectivity index (χ1) is 7.70. The highest BCUT2D eigenvalue weighted by Crippen LogP contribution is 2.20. The second-order valence-electron chi connectivity index (χ2n) is 3.23. The maximum absolute atomic E-state index is 11.8. The summed E-state index contributed by atoms with van der Waals surface area (Å²) in [5, 5.41) is 0. The largest absolute Gasteiger partial charge is 0.449 e. The maximum Gasteiger partial charge on any atom is 0.245 e. The lowest BCUT2D eigenvalue weighted by atomic mass is 10.5. The van der Waals surface area contributed by atoms with E-state index in [1.54, 1.807) is 6.07 Å². The monoisotopic (exact) mass is 244 g/mol. The summed E-state index contributed by atoms with van der Waals surface area (Å²) in [4.78, 5) is 3.91. The van der Waals surface area contributed by atoms with Gasteiger partial charge in [-0.2, -0.15) is 0 Å². The average Bonchev–Trinajstić information content (AvgIpc) is 2.28. The standard InChI is InChI=1S/C9H12N2O4S/c12-16(13)8-3-1-4-10-9(8)15-7-14-6-2-5-11-16/h1,3-4,11H,2,5-7H2. The number of pyridine rings is 1. The van der Waals surface area contributed by atoms with Gasteiger partial charge in [-0.3, -0.25) is 0 Å². The quantitative estimate of drug-likeness (QED) is 0.701. The minimum absolute atomic E-state index is 0.0134. The second kappa shape index (κ2) is 4.77. The molecule has 2 rings (SSSR count). The van der Waals surface area contributed by atoms with Crippen LogP contribution in [-0.4, -0.2) is 33.3 Å². The van der Waals surface area contributed by atoms with E-state index in [1.165, 1.54) is 12.3 Å². The van der Waals surface area contributed by atoms with Gasteiger partial charge in [0.2, 0.25) is 15.9 Å². The van der Waals surface area contributed by atoms with Crippen molar-refractivity contribution in [2.24, 2.45) is 0 Å². The van der Waals surface area contributed by atoms with Crippen LogP contribution in [0.25, 0.3) is 0 Å². The molecule has 0 unspecified atom stereocenters. The van der Waals surface area contributed by atoms with Gasteiger partial charge in [-0.15, -0.1) is 0 Å². The van der Waals surface area contributed by atoms with Crippen LogP contribution in [-0.2, 0) is 14.8 Å². The molecule has 0 spiro atoms. The van der Waals surface area contributed by atoms with Gasteiger partial charge in [0.25, 0.3) is 0 Å². The summed E-state index contributed by atoms with van der Waals surface area (Å²) >= 11 is 0.